The zero-order valence-corrected chi connectivity index (χ0v) is 15.1. The minimum absolute atomic E-state index is 0.0567. The lowest BCUT2D eigenvalue weighted by Gasteiger charge is -2.04. The molecule has 0 amide bonds. The molecule has 0 aliphatic carbocycles. The molecule has 27 heavy (non-hydrogen) atoms. The Kier molecular flexibility index (Phi) is 4.51. The maximum Gasteiger partial charge on any atom is 0.353 e. The summed E-state index contributed by atoms with van der Waals surface area (Å²) in [6, 6.07) is 12.1. The summed E-state index contributed by atoms with van der Waals surface area (Å²) >= 11 is 7.25. The van der Waals surface area contributed by atoms with Crippen LogP contribution >= 0.6 is 22.9 Å². The van der Waals surface area contributed by atoms with E-state index in [9.17, 15) is 14.0 Å². The second-order valence-corrected chi connectivity index (χ2v) is 6.95. The van der Waals surface area contributed by atoms with Gasteiger partial charge in [-0.3, -0.25) is 4.79 Å². The van der Waals surface area contributed by atoms with E-state index in [4.69, 9.17) is 21.1 Å². The number of carbonyl (C=O) groups is 2. The van der Waals surface area contributed by atoms with Gasteiger partial charge in [-0.2, -0.15) is 0 Å². The number of ether oxygens (including phenoxy) is 2. The van der Waals surface area contributed by atoms with Gasteiger partial charge in [0.15, 0.2) is 5.76 Å². The lowest BCUT2D eigenvalue weighted by molar-refractivity contribution is 0.0739. The molecule has 0 bridgehead atoms. The van der Waals surface area contributed by atoms with Crippen molar-refractivity contribution in [2.45, 2.75) is 0 Å². The minimum Gasteiger partial charge on any atom is -0.452 e. The van der Waals surface area contributed by atoms with Gasteiger partial charge in [-0.15, -0.1) is 11.3 Å². The first-order valence-corrected chi connectivity index (χ1v) is 9.06. The molecule has 3 aromatic rings. The molecule has 0 atom stereocenters. The Morgan fingerprint density at radius 3 is 2.78 bits per heavy atom. The van der Waals surface area contributed by atoms with E-state index in [-0.39, 0.29) is 27.8 Å². The molecule has 0 fully saturated rings. The van der Waals surface area contributed by atoms with Gasteiger partial charge in [-0.1, -0.05) is 23.7 Å². The molecule has 1 aliphatic heterocycles. The molecule has 0 radical (unpaired) electrons. The van der Waals surface area contributed by atoms with Crippen LogP contribution < -0.4 is 9.47 Å². The van der Waals surface area contributed by atoms with Crippen molar-refractivity contribution in [2.75, 3.05) is 0 Å². The SMILES string of the molecule is O=C(Oc1ccc2c(c1)O/C(=C\c1c(F)cccc1Cl)C2=O)c1cccs1. The molecule has 0 saturated carbocycles. The summed E-state index contributed by atoms with van der Waals surface area (Å²) in [4.78, 5) is 25.0. The third kappa shape index (κ3) is 3.37. The molecule has 0 N–H and O–H groups in total. The molecule has 1 aromatic heterocycles. The van der Waals surface area contributed by atoms with E-state index in [1.165, 1.54) is 53.8 Å². The highest BCUT2D eigenvalue weighted by molar-refractivity contribution is 7.12. The number of hydrogen-bond donors (Lipinski definition) is 0. The van der Waals surface area contributed by atoms with E-state index in [0.29, 0.717) is 10.4 Å². The van der Waals surface area contributed by atoms with Crippen LogP contribution in [-0.4, -0.2) is 11.8 Å². The van der Waals surface area contributed by atoms with E-state index in [2.05, 4.69) is 0 Å². The van der Waals surface area contributed by atoms with Gasteiger partial charge in [-0.25, -0.2) is 9.18 Å². The van der Waals surface area contributed by atoms with Gasteiger partial charge in [-0.05, 0) is 41.8 Å². The quantitative estimate of drug-likeness (QED) is 0.336. The van der Waals surface area contributed by atoms with Crippen LogP contribution in [-0.2, 0) is 0 Å². The number of fused-ring (bicyclic) bond motifs is 1. The number of esters is 1. The van der Waals surface area contributed by atoms with Crippen LogP contribution in [0.3, 0.4) is 0 Å². The Morgan fingerprint density at radius 1 is 1.19 bits per heavy atom. The number of ketones is 1. The third-order valence-electron chi connectivity index (χ3n) is 3.85. The Labute approximate surface area is 162 Å². The number of benzene rings is 2. The molecule has 1 aliphatic rings. The second-order valence-electron chi connectivity index (χ2n) is 5.60. The van der Waals surface area contributed by atoms with E-state index in [0.717, 1.165) is 0 Å². The van der Waals surface area contributed by atoms with Gasteiger partial charge >= 0.3 is 5.97 Å². The van der Waals surface area contributed by atoms with Gasteiger partial charge < -0.3 is 9.47 Å². The summed E-state index contributed by atoms with van der Waals surface area (Å²) in [5.74, 6) is -1.05. The lowest BCUT2D eigenvalue weighted by atomic mass is 10.1. The molecular formula is C20H10ClFO4S. The Bertz CT molecular complexity index is 1070. The zero-order chi connectivity index (χ0) is 19.0. The van der Waals surface area contributed by atoms with E-state index in [1.807, 2.05) is 0 Å². The average molecular weight is 401 g/mol. The molecule has 2 heterocycles. The standard InChI is InChI=1S/C20H10ClFO4S/c21-14-3-1-4-15(22)13(14)10-17-19(23)12-7-6-11(9-16(12)26-17)25-20(24)18-5-2-8-27-18/h1-10H/b17-10-. The first-order valence-electron chi connectivity index (χ1n) is 7.81. The fraction of sp³-hybridized carbons (Fsp3) is 0. The zero-order valence-electron chi connectivity index (χ0n) is 13.6. The molecule has 4 nitrogen and oxygen atoms in total. The molecule has 2 aromatic carbocycles. The monoisotopic (exact) mass is 400 g/mol. The predicted octanol–water partition coefficient (Wildman–Crippen LogP) is 5.38. The summed E-state index contributed by atoms with van der Waals surface area (Å²) < 4.78 is 24.8. The molecule has 134 valence electrons. The van der Waals surface area contributed by atoms with Crippen molar-refractivity contribution in [3.05, 3.63) is 86.5 Å². The number of thiophene rings is 1. The van der Waals surface area contributed by atoms with Crippen molar-refractivity contribution in [2.24, 2.45) is 0 Å². The summed E-state index contributed by atoms with van der Waals surface area (Å²) in [5, 5.41) is 1.94. The van der Waals surface area contributed by atoms with Crippen molar-refractivity contribution in [1.82, 2.24) is 0 Å². The van der Waals surface area contributed by atoms with E-state index in [1.54, 1.807) is 17.5 Å². The maximum absolute atomic E-state index is 13.9. The largest absolute Gasteiger partial charge is 0.452 e. The van der Waals surface area contributed by atoms with Crippen LogP contribution in [0, 0.1) is 5.82 Å². The lowest BCUT2D eigenvalue weighted by Crippen LogP contribution is -2.06. The van der Waals surface area contributed by atoms with Crippen molar-refractivity contribution in [1.29, 1.82) is 0 Å². The number of rotatable bonds is 3. The highest BCUT2D eigenvalue weighted by atomic mass is 35.5. The number of hydrogen-bond acceptors (Lipinski definition) is 5. The van der Waals surface area contributed by atoms with E-state index >= 15 is 0 Å². The topological polar surface area (TPSA) is 52.6 Å². The highest BCUT2D eigenvalue weighted by Crippen LogP contribution is 2.36. The van der Waals surface area contributed by atoms with Gasteiger partial charge in [0.2, 0.25) is 5.78 Å². The smallest absolute Gasteiger partial charge is 0.353 e. The van der Waals surface area contributed by atoms with Crippen LogP contribution in [0.2, 0.25) is 5.02 Å². The predicted molar refractivity (Wildman–Crippen MR) is 100 cm³/mol. The molecule has 0 spiro atoms. The molecule has 0 saturated heterocycles. The van der Waals surface area contributed by atoms with Crippen LogP contribution in [0.1, 0.15) is 25.6 Å². The van der Waals surface area contributed by atoms with Gasteiger partial charge in [0.25, 0.3) is 0 Å². The summed E-state index contributed by atoms with van der Waals surface area (Å²) in [7, 11) is 0. The van der Waals surface area contributed by atoms with Crippen molar-refractivity contribution < 1.29 is 23.5 Å². The van der Waals surface area contributed by atoms with Gasteiger partial charge in [0.05, 0.1) is 10.6 Å². The van der Waals surface area contributed by atoms with Crippen molar-refractivity contribution >= 4 is 40.8 Å². The van der Waals surface area contributed by atoms with Gasteiger partial charge in [0, 0.05) is 11.6 Å². The fourth-order valence-corrected chi connectivity index (χ4v) is 3.38. The fourth-order valence-electron chi connectivity index (χ4n) is 2.56. The maximum atomic E-state index is 13.9. The third-order valence-corrected chi connectivity index (χ3v) is 5.03. The highest BCUT2D eigenvalue weighted by Gasteiger charge is 2.28. The minimum atomic E-state index is -0.562. The normalized spacial score (nSPS) is 14.1. The summed E-state index contributed by atoms with van der Waals surface area (Å²) in [5.41, 5.74) is 0.365. The van der Waals surface area contributed by atoms with Crippen molar-refractivity contribution in [3.8, 4) is 11.5 Å². The van der Waals surface area contributed by atoms with Crippen LogP contribution in [0.4, 0.5) is 4.39 Å². The number of halogens is 2. The second kappa shape index (κ2) is 6.98. The first kappa shape index (κ1) is 17.5. The number of Topliss-reactive ketones (excluding diaryl/α,β-unsaturated/α-hetero) is 1. The first-order chi connectivity index (χ1) is 13.0. The molecule has 4 rings (SSSR count). The molecule has 0 unspecified atom stereocenters. The molecule has 7 heteroatoms. The van der Waals surface area contributed by atoms with Crippen LogP contribution in [0.15, 0.2) is 59.7 Å². The van der Waals surface area contributed by atoms with E-state index < -0.39 is 17.6 Å². The van der Waals surface area contributed by atoms with Gasteiger partial charge in [0.1, 0.15) is 22.2 Å². The van der Waals surface area contributed by atoms with Crippen LogP contribution in [0.5, 0.6) is 11.5 Å². The Hall–Kier alpha value is -2.96. The summed E-state index contributed by atoms with van der Waals surface area (Å²) in [6.45, 7) is 0. The summed E-state index contributed by atoms with van der Waals surface area (Å²) in [6.07, 6.45) is 1.26. The Morgan fingerprint density at radius 2 is 2.04 bits per heavy atom. The Balaban J connectivity index is 1.61. The van der Waals surface area contributed by atoms with Crippen molar-refractivity contribution in [3.63, 3.8) is 0 Å². The number of allylic oxidation sites excluding steroid dienone is 1. The number of carbonyl (C=O) groups excluding carboxylic acids is 2. The van der Waals surface area contributed by atoms with Crippen LogP contribution in [0.25, 0.3) is 6.08 Å². The molecular weight excluding hydrogens is 391 g/mol. The average Bonchev–Trinajstić information content (AvgIpc) is 3.27.